The van der Waals surface area contributed by atoms with Gasteiger partial charge in [0.05, 0.1) is 0 Å². The maximum absolute atomic E-state index is 14.5. The summed E-state index contributed by atoms with van der Waals surface area (Å²) < 4.78 is 54.1. The summed E-state index contributed by atoms with van der Waals surface area (Å²) in [6.45, 7) is 12.5. The van der Waals surface area contributed by atoms with Crippen LogP contribution in [0, 0.1) is 59.0 Å². The van der Waals surface area contributed by atoms with Crippen LogP contribution in [0.1, 0.15) is 134 Å². The van der Waals surface area contributed by atoms with Gasteiger partial charge in [0.2, 0.25) is 0 Å². The Morgan fingerprint density at radius 3 is 1.48 bits per heavy atom. The zero-order chi connectivity index (χ0) is 51.1. The summed E-state index contributed by atoms with van der Waals surface area (Å²) in [6.07, 6.45) is -0.941. The molecule has 2 aromatic heterocycles. The number of hydrogen-bond donors (Lipinski definition) is 4. The van der Waals surface area contributed by atoms with Crippen LogP contribution in [0.25, 0.3) is 22.3 Å². The minimum atomic E-state index is -0.606. The number of ether oxygens (including phenoxy) is 2. The number of amides is 2. The quantitative estimate of drug-likeness (QED) is 0.117. The van der Waals surface area contributed by atoms with E-state index in [-0.39, 0.29) is 42.0 Å². The number of nitrogen functional groups attached to an aromatic ring is 2. The van der Waals surface area contributed by atoms with Crippen LogP contribution in [0.3, 0.4) is 0 Å². The van der Waals surface area contributed by atoms with Gasteiger partial charge in [0, 0.05) is 47.2 Å². The lowest BCUT2D eigenvalue weighted by Gasteiger charge is -2.20. The monoisotopic (exact) mass is 976 g/mol. The molecule has 0 spiro atoms. The molecule has 4 unspecified atom stereocenters. The summed E-state index contributed by atoms with van der Waals surface area (Å²) in [5, 5.41) is 6.02. The van der Waals surface area contributed by atoms with Crippen LogP contribution in [0.4, 0.5) is 24.8 Å². The Hall–Kier alpha value is -8.13. The van der Waals surface area contributed by atoms with Gasteiger partial charge in [-0.15, -0.1) is 0 Å². The van der Waals surface area contributed by atoms with Crippen molar-refractivity contribution in [3.8, 4) is 22.3 Å². The van der Waals surface area contributed by atoms with Crippen LogP contribution in [0.2, 0.25) is 0 Å². The van der Waals surface area contributed by atoms with Crippen molar-refractivity contribution in [3.63, 3.8) is 0 Å². The highest BCUT2D eigenvalue weighted by atomic mass is 19.1. The van der Waals surface area contributed by atoms with E-state index in [1.54, 1.807) is 24.3 Å². The number of nitrogens with two attached hydrogens (primary N) is 2. The summed E-state index contributed by atoms with van der Waals surface area (Å²) in [6, 6.07) is 33.3. The first kappa shape index (κ1) is 47.2. The van der Waals surface area contributed by atoms with Crippen LogP contribution < -0.4 is 22.1 Å². The largest absolute Gasteiger partial charge is 0.384 e. The molecule has 2 amide bonds. The first-order valence-electron chi connectivity index (χ1n) is 24.1. The van der Waals surface area contributed by atoms with Gasteiger partial charge in [-0.3, -0.25) is 9.59 Å². The normalized spacial score (nSPS) is 17.1. The van der Waals surface area contributed by atoms with Crippen molar-refractivity contribution < 1.29 is 32.2 Å². The van der Waals surface area contributed by atoms with Crippen molar-refractivity contribution in [2.24, 2.45) is 0 Å². The van der Waals surface area contributed by atoms with Crippen molar-refractivity contribution in [2.75, 3.05) is 11.5 Å². The predicted octanol–water partition coefficient (Wildman–Crippen LogP) is 11.8. The molecule has 366 valence electrons. The Kier molecular flexibility index (Phi) is 11.8. The standard InChI is InChI=1S/C30H25F2N3O2.C30H26FN3O2/c1-14-9-26(33)35-16(3)24(14)13-34-30(36)17-4-6-21-22(10-17)29-27-15(2)8-18(11-23(27)28(21)37-29)20-7-5-19(31)12-25(20)32;1-15-11-26(32)34-17(3)25(15)14-33-30(35)19-6-9-22-23(12-19)28-24-13-20(18-4-7-21(31)8-5-18)10-16(2)27(24)29(22)36-28/h4-12,28-29H,13H2,1-3H3,(H2,33,35)(H,34,36);4-13,28-29H,14H2,1-3H3,(H2,32,34)(H,33,35). The third kappa shape index (κ3) is 8.37. The van der Waals surface area contributed by atoms with E-state index in [4.69, 9.17) is 20.9 Å². The molecule has 73 heavy (non-hydrogen) atoms. The van der Waals surface area contributed by atoms with Crippen molar-refractivity contribution in [2.45, 2.75) is 79.0 Å². The molecule has 4 bridgehead atoms. The fraction of sp³-hybridized carbons (Fsp3) is 0.200. The molecule has 6 N–H and O–H groups in total. The van der Waals surface area contributed by atoms with E-state index >= 15 is 0 Å². The highest BCUT2D eigenvalue weighted by Gasteiger charge is 2.45. The number of hydrogen-bond acceptors (Lipinski definition) is 8. The van der Waals surface area contributed by atoms with Gasteiger partial charge >= 0.3 is 0 Å². The lowest BCUT2D eigenvalue weighted by Crippen LogP contribution is -2.24. The molecule has 0 fully saturated rings. The fourth-order valence-corrected chi connectivity index (χ4v) is 11.2. The van der Waals surface area contributed by atoms with Gasteiger partial charge in [-0.2, -0.15) is 0 Å². The van der Waals surface area contributed by atoms with Crippen molar-refractivity contribution in [3.05, 3.63) is 233 Å². The summed E-state index contributed by atoms with van der Waals surface area (Å²) in [7, 11) is 0. The van der Waals surface area contributed by atoms with Gasteiger partial charge in [0.15, 0.2) is 0 Å². The lowest BCUT2D eigenvalue weighted by molar-refractivity contribution is 0.0854. The van der Waals surface area contributed by atoms with E-state index in [9.17, 15) is 22.8 Å². The number of aryl methyl sites for hydroxylation is 6. The number of nitrogens with one attached hydrogen (secondary N) is 2. The number of nitrogens with zero attached hydrogens (tertiary/aromatic N) is 2. The smallest absolute Gasteiger partial charge is 0.251 e. The minimum Gasteiger partial charge on any atom is -0.384 e. The Labute approximate surface area is 420 Å². The van der Waals surface area contributed by atoms with Crippen LogP contribution in [0.15, 0.2) is 115 Å². The number of pyridine rings is 2. The molecule has 4 aliphatic rings. The molecule has 4 atom stereocenters. The molecular weight excluding hydrogens is 926 g/mol. The topological polar surface area (TPSA) is 154 Å². The van der Waals surface area contributed by atoms with Crippen LogP contribution >= 0.6 is 0 Å². The number of fused-ring (bicyclic) bond motifs is 16. The molecule has 12 rings (SSSR count). The lowest BCUT2D eigenvalue weighted by atomic mass is 9.81. The average Bonchev–Trinajstić information content (AvgIpc) is 4.13. The van der Waals surface area contributed by atoms with Crippen molar-refractivity contribution in [1.82, 2.24) is 20.6 Å². The summed E-state index contributed by atoms with van der Waals surface area (Å²) in [5.74, 6) is -0.842. The highest BCUT2D eigenvalue weighted by Crippen LogP contribution is 2.57. The molecule has 0 radical (unpaired) electrons. The third-order valence-corrected chi connectivity index (χ3v) is 14.7. The van der Waals surface area contributed by atoms with Gasteiger partial charge < -0.3 is 31.6 Å². The van der Waals surface area contributed by atoms with E-state index in [0.717, 1.165) is 101 Å². The number of carbonyl (C=O) groups is 2. The van der Waals surface area contributed by atoms with Gasteiger partial charge in [-0.05, 0) is 209 Å². The number of aromatic nitrogens is 2. The van der Waals surface area contributed by atoms with E-state index in [2.05, 4.69) is 39.7 Å². The van der Waals surface area contributed by atoms with Crippen LogP contribution in [0.5, 0.6) is 0 Å². The molecule has 6 heterocycles. The molecule has 0 saturated heterocycles. The summed E-state index contributed by atoms with van der Waals surface area (Å²) >= 11 is 0. The first-order chi connectivity index (χ1) is 35.0. The number of carbonyl (C=O) groups excluding carboxylic acids is 2. The Morgan fingerprint density at radius 1 is 0.479 bits per heavy atom. The molecule has 0 aliphatic carbocycles. The number of rotatable bonds is 8. The number of halogens is 3. The summed E-state index contributed by atoms with van der Waals surface area (Å²) in [5.41, 5.74) is 31.9. The summed E-state index contributed by atoms with van der Waals surface area (Å²) in [4.78, 5) is 34.7. The molecule has 6 aromatic carbocycles. The first-order valence-corrected chi connectivity index (χ1v) is 24.1. The molecular formula is C60H51F3N6O4. The molecule has 0 saturated carbocycles. The number of anilines is 2. The zero-order valence-electron chi connectivity index (χ0n) is 41.0. The van der Waals surface area contributed by atoms with Crippen LogP contribution in [-0.4, -0.2) is 21.8 Å². The Bertz CT molecular complexity index is 3590. The van der Waals surface area contributed by atoms with E-state index in [0.29, 0.717) is 47.0 Å². The second kappa shape index (κ2) is 18.2. The fourth-order valence-electron chi connectivity index (χ4n) is 11.2. The maximum atomic E-state index is 14.5. The van der Waals surface area contributed by atoms with Crippen molar-refractivity contribution >= 4 is 23.5 Å². The van der Waals surface area contributed by atoms with Gasteiger partial charge in [0.1, 0.15) is 53.5 Å². The van der Waals surface area contributed by atoms with Crippen LogP contribution in [-0.2, 0) is 22.6 Å². The zero-order valence-corrected chi connectivity index (χ0v) is 41.0. The maximum Gasteiger partial charge on any atom is 0.251 e. The average molecular weight is 977 g/mol. The predicted molar refractivity (Wildman–Crippen MR) is 274 cm³/mol. The minimum absolute atomic E-state index is 0.134. The Balaban J connectivity index is 0.000000157. The third-order valence-electron chi connectivity index (χ3n) is 14.7. The number of benzene rings is 6. The van der Waals surface area contributed by atoms with Gasteiger partial charge in [0.25, 0.3) is 11.8 Å². The second-order valence-corrected chi connectivity index (χ2v) is 19.4. The molecule has 4 aliphatic heterocycles. The second-order valence-electron chi connectivity index (χ2n) is 19.4. The molecule has 13 heteroatoms. The van der Waals surface area contributed by atoms with E-state index in [1.807, 2.05) is 83.1 Å². The highest BCUT2D eigenvalue weighted by molar-refractivity contribution is 5.95. The van der Waals surface area contributed by atoms with Crippen molar-refractivity contribution in [1.29, 1.82) is 0 Å². The molecule has 10 nitrogen and oxygen atoms in total. The van der Waals surface area contributed by atoms with E-state index < -0.39 is 11.6 Å². The molecule has 8 aromatic rings. The van der Waals surface area contributed by atoms with E-state index in [1.165, 1.54) is 29.8 Å². The SMILES string of the molecule is Cc1cc(N)nc(C)c1CNC(=O)c1ccc2c(c1)C1OC2c2c(C)cc(-c3ccc(F)cc3)cc21.Cc1cc(N)nc(C)c1CNC(=O)c1ccc2c(c1)C1OC2c2cc(-c3ccc(F)cc3F)cc(C)c21. The van der Waals surface area contributed by atoms with Gasteiger partial charge in [-0.25, -0.2) is 23.1 Å². The van der Waals surface area contributed by atoms with Gasteiger partial charge in [-0.1, -0.05) is 36.4 Å². The Morgan fingerprint density at radius 2 is 0.945 bits per heavy atom.